The SMILES string of the molecule is COC(=O)c1ccc(/C=C/C2CNC2)cc1.Cl. The fourth-order valence-electron chi connectivity index (χ4n) is 1.54. The second kappa shape index (κ2) is 6.42. The van der Waals surface area contributed by atoms with Crippen molar-refractivity contribution in [2.45, 2.75) is 0 Å². The van der Waals surface area contributed by atoms with Crippen LogP contribution in [0.1, 0.15) is 15.9 Å². The van der Waals surface area contributed by atoms with Crippen LogP contribution in [-0.4, -0.2) is 26.2 Å². The summed E-state index contributed by atoms with van der Waals surface area (Å²) in [5.41, 5.74) is 1.70. The topological polar surface area (TPSA) is 38.3 Å². The summed E-state index contributed by atoms with van der Waals surface area (Å²) in [6.45, 7) is 2.13. The van der Waals surface area contributed by atoms with Crippen molar-refractivity contribution in [2.75, 3.05) is 20.2 Å². The third-order valence-corrected chi connectivity index (χ3v) is 2.71. The van der Waals surface area contributed by atoms with Gasteiger partial charge in [-0.2, -0.15) is 0 Å². The maximum absolute atomic E-state index is 11.2. The number of halogens is 1. The maximum atomic E-state index is 11.2. The summed E-state index contributed by atoms with van der Waals surface area (Å²) in [6.07, 6.45) is 4.29. The fourth-order valence-corrected chi connectivity index (χ4v) is 1.54. The van der Waals surface area contributed by atoms with E-state index in [0.717, 1.165) is 18.7 Å². The minimum atomic E-state index is -0.293. The van der Waals surface area contributed by atoms with E-state index in [1.165, 1.54) is 7.11 Å². The summed E-state index contributed by atoms with van der Waals surface area (Å²) in [5.74, 6) is 0.360. The lowest BCUT2D eigenvalue weighted by atomic mass is 10.0. The molecule has 1 heterocycles. The van der Waals surface area contributed by atoms with E-state index in [1.807, 2.05) is 12.1 Å². The average molecular weight is 254 g/mol. The summed E-state index contributed by atoms with van der Waals surface area (Å²) < 4.78 is 4.64. The van der Waals surface area contributed by atoms with E-state index in [4.69, 9.17) is 0 Å². The normalized spacial score (nSPS) is 15.1. The fraction of sp³-hybridized carbons (Fsp3) is 0.308. The quantitative estimate of drug-likeness (QED) is 0.839. The monoisotopic (exact) mass is 253 g/mol. The molecular weight excluding hydrogens is 238 g/mol. The number of hydrogen-bond donors (Lipinski definition) is 1. The van der Waals surface area contributed by atoms with Crippen molar-refractivity contribution in [2.24, 2.45) is 5.92 Å². The van der Waals surface area contributed by atoms with Crippen LogP contribution < -0.4 is 5.32 Å². The Morgan fingerprint density at radius 2 is 2.00 bits per heavy atom. The third-order valence-electron chi connectivity index (χ3n) is 2.71. The first kappa shape index (κ1) is 13.7. The van der Waals surface area contributed by atoms with Gasteiger partial charge < -0.3 is 10.1 Å². The molecule has 0 saturated carbocycles. The second-order valence-corrected chi connectivity index (χ2v) is 3.89. The highest BCUT2D eigenvalue weighted by atomic mass is 35.5. The van der Waals surface area contributed by atoms with Crippen LogP contribution in [0.3, 0.4) is 0 Å². The molecule has 1 aromatic carbocycles. The molecule has 4 heteroatoms. The molecular formula is C13H16ClNO2. The van der Waals surface area contributed by atoms with Crippen LogP contribution in [0.25, 0.3) is 6.08 Å². The molecule has 3 nitrogen and oxygen atoms in total. The molecule has 0 unspecified atom stereocenters. The van der Waals surface area contributed by atoms with Crippen molar-refractivity contribution < 1.29 is 9.53 Å². The highest BCUT2D eigenvalue weighted by molar-refractivity contribution is 5.89. The average Bonchev–Trinajstić information content (AvgIpc) is 2.27. The van der Waals surface area contributed by atoms with E-state index in [0.29, 0.717) is 11.5 Å². The van der Waals surface area contributed by atoms with Crippen molar-refractivity contribution in [1.29, 1.82) is 0 Å². The first-order valence-electron chi connectivity index (χ1n) is 5.37. The molecule has 0 radical (unpaired) electrons. The van der Waals surface area contributed by atoms with Crippen molar-refractivity contribution in [3.8, 4) is 0 Å². The van der Waals surface area contributed by atoms with E-state index in [-0.39, 0.29) is 18.4 Å². The van der Waals surface area contributed by atoms with Gasteiger partial charge in [0.1, 0.15) is 0 Å². The number of benzene rings is 1. The zero-order chi connectivity index (χ0) is 11.4. The molecule has 0 bridgehead atoms. The summed E-state index contributed by atoms with van der Waals surface area (Å²) >= 11 is 0. The van der Waals surface area contributed by atoms with Crippen LogP contribution in [0.2, 0.25) is 0 Å². The summed E-state index contributed by atoms with van der Waals surface area (Å²) in [6, 6.07) is 7.42. The van der Waals surface area contributed by atoms with Crippen molar-refractivity contribution in [1.82, 2.24) is 5.32 Å². The molecule has 92 valence electrons. The molecule has 2 rings (SSSR count). The van der Waals surface area contributed by atoms with Gasteiger partial charge in [-0.05, 0) is 17.7 Å². The molecule has 1 aliphatic heterocycles. The van der Waals surface area contributed by atoms with E-state index in [1.54, 1.807) is 12.1 Å². The lowest BCUT2D eigenvalue weighted by Crippen LogP contribution is -2.40. The van der Waals surface area contributed by atoms with Crippen LogP contribution >= 0.6 is 12.4 Å². The van der Waals surface area contributed by atoms with Gasteiger partial charge >= 0.3 is 5.97 Å². The number of ether oxygens (including phenoxy) is 1. The molecule has 1 aromatic rings. The molecule has 17 heavy (non-hydrogen) atoms. The van der Waals surface area contributed by atoms with Crippen molar-refractivity contribution >= 4 is 24.5 Å². The third kappa shape index (κ3) is 3.58. The Morgan fingerprint density at radius 3 is 2.47 bits per heavy atom. The standard InChI is InChI=1S/C13H15NO2.ClH/c1-16-13(15)12-6-4-10(5-7-12)2-3-11-8-14-9-11;/h2-7,11,14H,8-9H2,1H3;1H/b3-2+;. The molecule has 1 aliphatic rings. The van der Waals surface area contributed by atoms with Gasteiger partial charge in [0.25, 0.3) is 0 Å². The van der Waals surface area contributed by atoms with Crippen LogP contribution in [0.5, 0.6) is 0 Å². The zero-order valence-electron chi connectivity index (χ0n) is 9.68. The lowest BCUT2D eigenvalue weighted by molar-refractivity contribution is 0.0601. The molecule has 0 aliphatic carbocycles. The van der Waals surface area contributed by atoms with Gasteiger partial charge in [0.15, 0.2) is 0 Å². The van der Waals surface area contributed by atoms with E-state index in [9.17, 15) is 4.79 Å². The Hall–Kier alpha value is -1.32. The molecule has 1 fully saturated rings. The Morgan fingerprint density at radius 1 is 1.35 bits per heavy atom. The first-order chi connectivity index (χ1) is 7.79. The second-order valence-electron chi connectivity index (χ2n) is 3.89. The van der Waals surface area contributed by atoms with Gasteiger partial charge in [-0.3, -0.25) is 0 Å². The minimum absolute atomic E-state index is 0. The number of rotatable bonds is 3. The Kier molecular flexibility index (Phi) is 5.19. The van der Waals surface area contributed by atoms with E-state index < -0.39 is 0 Å². The predicted octanol–water partition coefficient (Wildman–Crippen LogP) is 2.13. The smallest absolute Gasteiger partial charge is 0.337 e. The van der Waals surface area contributed by atoms with Gasteiger partial charge in [0.2, 0.25) is 0 Å². The number of carbonyl (C=O) groups excluding carboxylic acids is 1. The molecule has 1 N–H and O–H groups in total. The van der Waals surface area contributed by atoms with Gasteiger partial charge in [0.05, 0.1) is 12.7 Å². The summed E-state index contributed by atoms with van der Waals surface area (Å²) in [7, 11) is 1.39. The lowest BCUT2D eigenvalue weighted by Gasteiger charge is -2.23. The van der Waals surface area contributed by atoms with E-state index in [2.05, 4.69) is 22.2 Å². The van der Waals surface area contributed by atoms with Crippen LogP contribution in [-0.2, 0) is 4.74 Å². The molecule has 0 amide bonds. The van der Waals surface area contributed by atoms with Crippen molar-refractivity contribution in [3.63, 3.8) is 0 Å². The number of carbonyl (C=O) groups is 1. The molecule has 0 atom stereocenters. The highest BCUT2D eigenvalue weighted by Crippen LogP contribution is 2.11. The van der Waals surface area contributed by atoms with Gasteiger partial charge in [-0.25, -0.2) is 4.79 Å². The number of hydrogen-bond acceptors (Lipinski definition) is 3. The van der Waals surface area contributed by atoms with E-state index >= 15 is 0 Å². The first-order valence-corrected chi connectivity index (χ1v) is 5.37. The minimum Gasteiger partial charge on any atom is -0.465 e. The van der Waals surface area contributed by atoms with Gasteiger partial charge in [0, 0.05) is 19.0 Å². The summed E-state index contributed by atoms with van der Waals surface area (Å²) in [5, 5.41) is 3.22. The summed E-state index contributed by atoms with van der Waals surface area (Å²) in [4.78, 5) is 11.2. The maximum Gasteiger partial charge on any atom is 0.337 e. The van der Waals surface area contributed by atoms with Gasteiger partial charge in [-0.1, -0.05) is 24.3 Å². The van der Waals surface area contributed by atoms with Crippen LogP contribution in [0, 0.1) is 5.92 Å². The zero-order valence-corrected chi connectivity index (χ0v) is 10.5. The Balaban J connectivity index is 0.00000144. The number of nitrogens with one attached hydrogen (secondary N) is 1. The Bertz CT molecular complexity index is 396. The molecule has 0 spiro atoms. The molecule has 0 aromatic heterocycles. The van der Waals surface area contributed by atoms with Crippen LogP contribution in [0.4, 0.5) is 0 Å². The van der Waals surface area contributed by atoms with Gasteiger partial charge in [-0.15, -0.1) is 12.4 Å². The predicted molar refractivity (Wildman–Crippen MR) is 70.4 cm³/mol. The largest absolute Gasteiger partial charge is 0.465 e. The Labute approximate surface area is 107 Å². The number of esters is 1. The highest BCUT2D eigenvalue weighted by Gasteiger charge is 2.12. The number of methoxy groups -OCH3 is 1. The van der Waals surface area contributed by atoms with Crippen molar-refractivity contribution in [3.05, 3.63) is 41.5 Å². The van der Waals surface area contributed by atoms with Crippen LogP contribution in [0.15, 0.2) is 30.3 Å². The molecule has 1 saturated heterocycles.